The van der Waals surface area contributed by atoms with Crippen LogP contribution in [0.2, 0.25) is 0 Å². The van der Waals surface area contributed by atoms with Crippen LogP contribution >= 0.6 is 0 Å². The minimum Gasteiger partial charge on any atom is -0.497 e. The zero-order valence-corrected chi connectivity index (χ0v) is 16.8. The lowest BCUT2D eigenvalue weighted by Crippen LogP contribution is -2.39. The molecule has 154 valence electrons. The van der Waals surface area contributed by atoms with Gasteiger partial charge < -0.3 is 24.4 Å². The maximum Gasteiger partial charge on any atom is 0.326 e. The molecule has 2 rings (SSSR count). The number of carbonyl (C=O) groups is 3. The van der Waals surface area contributed by atoms with Crippen LogP contribution in [0.1, 0.15) is 17.3 Å². The van der Waals surface area contributed by atoms with E-state index in [1.165, 1.54) is 38.2 Å². The Labute approximate surface area is 169 Å². The summed E-state index contributed by atoms with van der Waals surface area (Å²) in [7, 11) is 4.54. The van der Waals surface area contributed by atoms with E-state index in [1.807, 2.05) is 6.07 Å². The highest BCUT2D eigenvalue weighted by atomic mass is 16.5. The van der Waals surface area contributed by atoms with Crippen LogP contribution in [0.5, 0.6) is 11.5 Å². The summed E-state index contributed by atoms with van der Waals surface area (Å²) in [6.07, 6.45) is -0.999. The van der Waals surface area contributed by atoms with Gasteiger partial charge in [0.15, 0.2) is 6.10 Å². The molecule has 1 N–H and O–H groups in total. The fraction of sp³-hybridized carbons (Fsp3) is 0.286. The number of para-hydroxylation sites is 1. The number of amides is 2. The van der Waals surface area contributed by atoms with Crippen molar-refractivity contribution in [2.24, 2.45) is 0 Å². The van der Waals surface area contributed by atoms with E-state index in [2.05, 4.69) is 5.32 Å². The van der Waals surface area contributed by atoms with E-state index in [0.29, 0.717) is 17.2 Å². The Morgan fingerprint density at radius 3 is 2.14 bits per heavy atom. The van der Waals surface area contributed by atoms with Crippen molar-refractivity contribution >= 4 is 23.5 Å². The third-order valence-corrected chi connectivity index (χ3v) is 4.14. The molecule has 29 heavy (non-hydrogen) atoms. The number of carbonyl (C=O) groups excluding carboxylic acids is 3. The molecule has 0 saturated carbocycles. The van der Waals surface area contributed by atoms with Crippen molar-refractivity contribution in [1.82, 2.24) is 5.32 Å². The molecule has 2 aromatic rings. The Balaban J connectivity index is 1.90. The summed E-state index contributed by atoms with van der Waals surface area (Å²) in [6, 6.07) is 13.7. The first-order valence-electron chi connectivity index (χ1n) is 8.89. The van der Waals surface area contributed by atoms with E-state index >= 15 is 0 Å². The molecule has 0 fully saturated rings. The number of likely N-dealkylation sites (N-methyl/N-ethyl adjacent to an activating group) is 1. The molecule has 0 saturated heterocycles. The van der Waals surface area contributed by atoms with E-state index in [4.69, 9.17) is 14.2 Å². The van der Waals surface area contributed by atoms with E-state index in [0.717, 1.165) is 0 Å². The van der Waals surface area contributed by atoms with Gasteiger partial charge in [-0.3, -0.25) is 14.4 Å². The van der Waals surface area contributed by atoms with Crippen molar-refractivity contribution in [3.63, 3.8) is 0 Å². The average Bonchev–Trinajstić information content (AvgIpc) is 2.76. The Morgan fingerprint density at radius 2 is 1.59 bits per heavy atom. The number of esters is 1. The van der Waals surface area contributed by atoms with E-state index in [-0.39, 0.29) is 18.0 Å². The Kier molecular flexibility index (Phi) is 7.59. The molecule has 8 nitrogen and oxygen atoms in total. The molecule has 0 bridgehead atoms. The van der Waals surface area contributed by atoms with Gasteiger partial charge in [-0.25, -0.2) is 0 Å². The largest absolute Gasteiger partial charge is 0.497 e. The zero-order chi connectivity index (χ0) is 21.4. The van der Waals surface area contributed by atoms with Gasteiger partial charge in [0.2, 0.25) is 0 Å². The molecule has 0 spiro atoms. The predicted octanol–water partition coefficient (Wildman–Crippen LogP) is 2.03. The third kappa shape index (κ3) is 5.97. The standard InChI is InChI=1S/C21H24N2O6/c1-14(21(26)23(2)16-8-6-5-7-9-16)29-19(24)13-22-20(25)15-10-17(27-3)12-18(11-15)28-4/h5-12,14H,13H2,1-4H3,(H,22,25)/t14-/m1/s1. The van der Waals surface area contributed by atoms with Gasteiger partial charge in [-0.2, -0.15) is 0 Å². The van der Waals surface area contributed by atoms with Crippen LogP contribution in [-0.2, 0) is 14.3 Å². The number of benzene rings is 2. The van der Waals surface area contributed by atoms with Gasteiger partial charge >= 0.3 is 5.97 Å². The number of nitrogens with one attached hydrogen (secondary N) is 1. The third-order valence-electron chi connectivity index (χ3n) is 4.14. The summed E-state index contributed by atoms with van der Waals surface area (Å²) in [5, 5.41) is 2.46. The van der Waals surface area contributed by atoms with Crippen LogP contribution in [0.4, 0.5) is 5.69 Å². The fourth-order valence-electron chi connectivity index (χ4n) is 2.53. The molecule has 0 aromatic heterocycles. The van der Waals surface area contributed by atoms with Gasteiger partial charge in [0.1, 0.15) is 18.0 Å². The summed E-state index contributed by atoms with van der Waals surface area (Å²) in [6.45, 7) is 1.10. The number of hydrogen-bond acceptors (Lipinski definition) is 6. The number of anilines is 1. The first-order chi connectivity index (χ1) is 13.8. The van der Waals surface area contributed by atoms with Crippen molar-refractivity contribution in [2.45, 2.75) is 13.0 Å². The predicted molar refractivity (Wildman–Crippen MR) is 107 cm³/mol. The second-order valence-corrected chi connectivity index (χ2v) is 6.15. The molecule has 0 aliphatic heterocycles. The lowest BCUT2D eigenvalue weighted by Gasteiger charge is -2.21. The molecule has 0 aliphatic carbocycles. The summed E-state index contributed by atoms with van der Waals surface area (Å²) in [4.78, 5) is 38.2. The van der Waals surface area contributed by atoms with Crippen molar-refractivity contribution in [2.75, 3.05) is 32.7 Å². The second-order valence-electron chi connectivity index (χ2n) is 6.15. The van der Waals surface area contributed by atoms with Crippen molar-refractivity contribution in [1.29, 1.82) is 0 Å². The zero-order valence-electron chi connectivity index (χ0n) is 16.8. The lowest BCUT2D eigenvalue weighted by atomic mass is 10.2. The monoisotopic (exact) mass is 400 g/mol. The lowest BCUT2D eigenvalue weighted by molar-refractivity contribution is -0.152. The maximum atomic E-state index is 12.4. The summed E-state index contributed by atoms with van der Waals surface area (Å²) < 4.78 is 15.4. The number of rotatable bonds is 8. The van der Waals surface area contributed by atoms with E-state index in [9.17, 15) is 14.4 Å². The quantitative estimate of drug-likeness (QED) is 0.682. The highest BCUT2D eigenvalue weighted by molar-refractivity contribution is 5.98. The molecular formula is C21H24N2O6. The Morgan fingerprint density at radius 1 is 1.00 bits per heavy atom. The SMILES string of the molecule is COc1cc(OC)cc(C(=O)NCC(=O)O[C@H](C)C(=O)N(C)c2ccccc2)c1. The van der Waals surface area contributed by atoms with Crippen LogP contribution in [0, 0.1) is 0 Å². The molecule has 0 unspecified atom stereocenters. The molecular weight excluding hydrogens is 376 g/mol. The van der Waals surface area contributed by atoms with Gasteiger partial charge in [0, 0.05) is 24.4 Å². The smallest absolute Gasteiger partial charge is 0.326 e. The molecule has 0 aliphatic rings. The molecule has 0 heterocycles. The summed E-state index contributed by atoms with van der Waals surface area (Å²) in [5.74, 6) is -0.719. The van der Waals surface area contributed by atoms with Gasteiger partial charge in [-0.05, 0) is 31.2 Å². The van der Waals surface area contributed by atoms with Crippen molar-refractivity contribution < 1.29 is 28.6 Å². The Bertz CT molecular complexity index is 846. The number of methoxy groups -OCH3 is 2. The van der Waals surface area contributed by atoms with Crippen molar-refractivity contribution in [3.8, 4) is 11.5 Å². The fourth-order valence-corrected chi connectivity index (χ4v) is 2.53. The first-order valence-corrected chi connectivity index (χ1v) is 8.89. The van der Waals surface area contributed by atoms with Crippen LogP contribution < -0.4 is 19.7 Å². The number of ether oxygens (including phenoxy) is 3. The average molecular weight is 400 g/mol. The molecule has 2 amide bonds. The van der Waals surface area contributed by atoms with Crippen LogP contribution in [0.3, 0.4) is 0 Å². The Hall–Kier alpha value is -3.55. The van der Waals surface area contributed by atoms with Crippen molar-refractivity contribution in [3.05, 3.63) is 54.1 Å². The summed E-state index contributed by atoms with van der Waals surface area (Å²) >= 11 is 0. The maximum absolute atomic E-state index is 12.4. The van der Waals surface area contributed by atoms with Crippen LogP contribution in [0.25, 0.3) is 0 Å². The van der Waals surface area contributed by atoms with Gasteiger partial charge in [0.25, 0.3) is 11.8 Å². The topological polar surface area (TPSA) is 94.2 Å². The summed E-state index contributed by atoms with van der Waals surface area (Å²) in [5.41, 5.74) is 0.947. The van der Waals surface area contributed by atoms with E-state index in [1.54, 1.807) is 37.4 Å². The highest BCUT2D eigenvalue weighted by Crippen LogP contribution is 2.22. The van der Waals surface area contributed by atoms with Crippen LogP contribution in [-0.4, -0.2) is 51.7 Å². The molecule has 2 aromatic carbocycles. The molecule has 0 radical (unpaired) electrons. The highest BCUT2D eigenvalue weighted by Gasteiger charge is 2.22. The number of nitrogens with zero attached hydrogens (tertiary/aromatic N) is 1. The van der Waals surface area contributed by atoms with Gasteiger partial charge in [0.05, 0.1) is 14.2 Å². The minimum absolute atomic E-state index is 0.266. The number of hydrogen-bond donors (Lipinski definition) is 1. The van der Waals surface area contributed by atoms with E-state index < -0.39 is 18.0 Å². The molecule has 1 atom stereocenters. The van der Waals surface area contributed by atoms with Crippen LogP contribution in [0.15, 0.2) is 48.5 Å². The normalized spacial score (nSPS) is 11.2. The second kappa shape index (κ2) is 10.1. The first kappa shape index (κ1) is 21.7. The minimum atomic E-state index is -0.999. The van der Waals surface area contributed by atoms with Gasteiger partial charge in [-0.15, -0.1) is 0 Å². The molecule has 8 heteroatoms. The van der Waals surface area contributed by atoms with Gasteiger partial charge in [-0.1, -0.05) is 18.2 Å².